The van der Waals surface area contributed by atoms with Crippen LogP contribution in [0.15, 0.2) is 42.5 Å². The number of rotatable bonds is 3. The van der Waals surface area contributed by atoms with E-state index >= 15 is 0 Å². The third-order valence-electron chi connectivity index (χ3n) is 3.81. The zero-order chi connectivity index (χ0) is 14.8. The second-order valence-electron chi connectivity index (χ2n) is 5.13. The zero-order valence-electron chi connectivity index (χ0n) is 12.6. The van der Waals surface area contributed by atoms with E-state index in [2.05, 4.69) is 64.7 Å². The predicted molar refractivity (Wildman–Crippen MR) is 88.6 cm³/mol. The number of hydrogen-bond acceptors (Lipinski definition) is 3. The summed E-state index contributed by atoms with van der Waals surface area (Å²) in [6.07, 6.45) is 0.931. The van der Waals surface area contributed by atoms with Crippen molar-refractivity contribution in [3.8, 4) is 11.4 Å². The van der Waals surface area contributed by atoms with E-state index in [4.69, 9.17) is 0 Å². The fourth-order valence-corrected chi connectivity index (χ4v) is 2.68. The molecule has 0 amide bonds. The van der Waals surface area contributed by atoms with Gasteiger partial charge in [0.2, 0.25) is 0 Å². The summed E-state index contributed by atoms with van der Waals surface area (Å²) in [7, 11) is 1.91. The van der Waals surface area contributed by atoms with Crippen molar-refractivity contribution in [3.05, 3.63) is 53.7 Å². The summed E-state index contributed by atoms with van der Waals surface area (Å²) < 4.78 is 0. The molecular weight excluding hydrogens is 258 g/mol. The maximum absolute atomic E-state index is 4.68. The van der Waals surface area contributed by atoms with Crippen molar-refractivity contribution in [1.82, 2.24) is 9.97 Å². The second-order valence-corrected chi connectivity index (χ2v) is 5.13. The van der Waals surface area contributed by atoms with Gasteiger partial charge in [0.15, 0.2) is 5.82 Å². The molecule has 0 aliphatic heterocycles. The van der Waals surface area contributed by atoms with Crippen LogP contribution in [0, 0.1) is 6.92 Å². The molecule has 0 unspecified atom stereocenters. The van der Waals surface area contributed by atoms with Crippen molar-refractivity contribution < 1.29 is 0 Å². The van der Waals surface area contributed by atoms with Gasteiger partial charge in [-0.25, -0.2) is 9.97 Å². The Hall–Kier alpha value is -2.42. The molecule has 3 rings (SSSR count). The van der Waals surface area contributed by atoms with Crippen LogP contribution in [0.1, 0.15) is 18.2 Å². The molecule has 0 saturated carbocycles. The van der Waals surface area contributed by atoms with Gasteiger partial charge in [-0.3, -0.25) is 0 Å². The Labute approximate surface area is 125 Å². The van der Waals surface area contributed by atoms with Gasteiger partial charge in [0, 0.05) is 23.9 Å². The highest BCUT2D eigenvalue weighted by Crippen LogP contribution is 2.25. The minimum Gasteiger partial charge on any atom is -0.373 e. The molecule has 0 fully saturated rings. The van der Waals surface area contributed by atoms with Crippen molar-refractivity contribution in [2.24, 2.45) is 0 Å². The van der Waals surface area contributed by atoms with Gasteiger partial charge in [0.1, 0.15) is 5.82 Å². The van der Waals surface area contributed by atoms with Crippen LogP contribution in [0.3, 0.4) is 0 Å². The van der Waals surface area contributed by atoms with Gasteiger partial charge >= 0.3 is 0 Å². The van der Waals surface area contributed by atoms with Crippen molar-refractivity contribution in [2.75, 3.05) is 12.4 Å². The SMILES string of the molecule is CCc1c(C)nc(-c2ccc3ccccc3c2)nc1NC. The van der Waals surface area contributed by atoms with Crippen LogP contribution < -0.4 is 5.32 Å². The minimum atomic E-state index is 0.778. The number of hydrogen-bond donors (Lipinski definition) is 1. The lowest BCUT2D eigenvalue weighted by molar-refractivity contribution is 1.00. The first kappa shape index (κ1) is 13.6. The van der Waals surface area contributed by atoms with Gasteiger partial charge < -0.3 is 5.32 Å². The van der Waals surface area contributed by atoms with E-state index in [9.17, 15) is 0 Å². The van der Waals surface area contributed by atoms with Gasteiger partial charge in [0.25, 0.3) is 0 Å². The molecule has 0 saturated heterocycles. The van der Waals surface area contributed by atoms with Crippen LogP contribution in [0.4, 0.5) is 5.82 Å². The molecule has 0 atom stereocenters. The van der Waals surface area contributed by atoms with Crippen LogP contribution in [0.5, 0.6) is 0 Å². The molecular formula is C18H19N3. The smallest absolute Gasteiger partial charge is 0.161 e. The first-order chi connectivity index (χ1) is 10.2. The maximum atomic E-state index is 4.68. The Morgan fingerprint density at radius 3 is 2.48 bits per heavy atom. The number of aromatic nitrogens is 2. The molecule has 0 bridgehead atoms. The molecule has 0 spiro atoms. The highest BCUT2D eigenvalue weighted by atomic mass is 15.0. The lowest BCUT2D eigenvalue weighted by atomic mass is 10.1. The summed E-state index contributed by atoms with van der Waals surface area (Å²) in [5, 5.41) is 5.63. The lowest BCUT2D eigenvalue weighted by Gasteiger charge is -2.12. The first-order valence-corrected chi connectivity index (χ1v) is 7.27. The lowest BCUT2D eigenvalue weighted by Crippen LogP contribution is -2.04. The maximum Gasteiger partial charge on any atom is 0.161 e. The van der Waals surface area contributed by atoms with Crippen LogP contribution in [0.2, 0.25) is 0 Å². The number of aryl methyl sites for hydroxylation is 1. The summed E-state index contributed by atoms with van der Waals surface area (Å²) in [6, 6.07) is 14.7. The fraction of sp³-hybridized carbons (Fsp3) is 0.222. The number of benzene rings is 2. The van der Waals surface area contributed by atoms with Crippen LogP contribution in [0.25, 0.3) is 22.2 Å². The Kier molecular flexibility index (Phi) is 3.57. The van der Waals surface area contributed by atoms with Gasteiger partial charge in [-0.1, -0.05) is 43.3 Å². The molecule has 1 heterocycles. The third-order valence-corrected chi connectivity index (χ3v) is 3.81. The third kappa shape index (κ3) is 2.47. The van der Waals surface area contributed by atoms with Gasteiger partial charge in [-0.15, -0.1) is 0 Å². The molecule has 3 aromatic rings. The summed E-state index contributed by atoms with van der Waals surface area (Å²) in [4.78, 5) is 9.36. The Morgan fingerprint density at radius 2 is 1.76 bits per heavy atom. The van der Waals surface area contributed by atoms with Crippen molar-refractivity contribution in [2.45, 2.75) is 20.3 Å². The molecule has 1 N–H and O–H groups in total. The van der Waals surface area contributed by atoms with Crippen molar-refractivity contribution in [1.29, 1.82) is 0 Å². The first-order valence-electron chi connectivity index (χ1n) is 7.27. The van der Waals surface area contributed by atoms with E-state index in [1.807, 2.05) is 14.0 Å². The average Bonchev–Trinajstić information content (AvgIpc) is 2.53. The van der Waals surface area contributed by atoms with Crippen LogP contribution in [-0.2, 0) is 6.42 Å². The van der Waals surface area contributed by atoms with Gasteiger partial charge in [-0.2, -0.15) is 0 Å². The molecule has 3 heteroatoms. The number of anilines is 1. The van der Waals surface area contributed by atoms with Crippen LogP contribution >= 0.6 is 0 Å². The van der Waals surface area contributed by atoms with E-state index < -0.39 is 0 Å². The van der Waals surface area contributed by atoms with E-state index in [0.29, 0.717) is 0 Å². The molecule has 0 radical (unpaired) electrons. The normalized spacial score (nSPS) is 10.8. The van der Waals surface area contributed by atoms with Crippen molar-refractivity contribution in [3.63, 3.8) is 0 Å². The average molecular weight is 277 g/mol. The summed E-state index contributed by atoms with van der Waals surface area (Å²) >= 11 is 0. The summed E-state index contributed by atoms with van der Waals surface area (Å²) in [5.74, 6) is 1.70. The standard InChI is InChI=1S/C18H19N3/c1-4-16-12(2)20-17(21-18(16)19-3)15-10-9-13-7-5-6-8-14(13)11-15/h5-11H,4H2,1-3H3,(H,19,20,21). The monoisotopic (exact) mass is 277 g/mol. The zero-order valence-corrected chi connectivity index (χ0v) is 12.6. The minimum absolute atomic E-state index is 0.778. The van der Waals surface area contributed by atoms with Gasteiger partial charge in [-0.05, 0) is 30.2 Å². The molecule has 0 aliphatic rings. The molecule has 0 aliphatic carbocycles. The predicted octanol–water partition coefficient (Wildman–Crippen LogP) is 4.21. The number of nitrogens with zero attached hydrogens (tertiary/aromatic N) is 2. The Bertz CT molecular complexity index is 794. The van der Waals surface area contributed by atoms with E-state index in [-0.39, 0.29) is 0 Å². The summed E-state index contributed by atoms with van der Waals surface area (Å²) in [5.41, 5.74) is 3.28. The molecule has 106 valence electrons. The number of nitrogens with one attached hydrogen (secondary N) is 1. The largest absolute Gasteiger partial charge is 0.373 e. The quantitative estimate of drug-likeness (QED) is 0.779. The van der Waals surface area contributed by atoms with E-state index in [1.54, 1.807) is 0 Å². The Balaban J connectivity index is 2.15. The number of fused-ring (bicyclic) bond motifs is 1. The van der Waals surface area contributed by atoms with E-state index in [1.165, 1.54) is 16.3 Å². The summed E-state index contributed by atoms with van der Waals surface area (Å²) in [6.45, 7) is 4.17. The Morgan fingerprint density at radius 1 is 1.00 bits per heavy atom. The molecule has 2 aromatic carbocycles. The molecule has 3 nitrogen and oxygen atoms in total. The van der Waals surface area contributed by atoms with Gasteiger partial charge in [0.05, 0.1) is 0 Å². The van der Waals surface area contributed by atoms with Crippen molar-refractivity contribution >= 4 is 16.6 Å². The molecule has 1 aromatic heterocycles. The highest BCUT2D eigenvalue weighted by Gasteiger charge is 2.10. The molecule has 21 heavy (non-hydrogen) atoms. The topological polar surface area (TPSA) is 37.8 Å². The van der Waals surface area contributed by atoms with Crippen LogP contribution in [-0.4, -0.2) is 17.0 Å². The fourth-order valence-electron chi connectivity index (χ4n) is 2.68. The van der Waals surface area contributed by atoms with E-state index in [0.717, 1.165) is 29.3 Å². The highest BCUT2D eigenvalue weighted by molar-refractivity contribution is 5.86. The second kappa shape index (κ2) is 5.52.